The maximum Gasteiger partial charge on any atom is 0.472 e. The first-order chi connectivity index (χ1) is 47.7. The predicted molar refractivity (Wildman–Crippen MR) is 399 cm³/mol. The van der Waals surface area contributed by atoms with Gasteiger partial charge in [0.1, 0.15) is 19.3 Å². The molecule has 0 aromatic heterocycles. The first-order valence-corrected chi connectivity index (χ1v) is 39.4. The SMILES string of the molecule is CC/C=C\C/C=C\C/C=C\C/C=C\C/C=C\CC(=O)OCC(COP(=O)(O)OCC(O)COP(=O)(O)OCC(COC(=O)CCCCCCCCC/C=C\C/C=C\C/C=C\CC)OC(=O)CCCCCCC/C=C\CCCC)OC(=O)C/C=C\C/C=C\C/C=C\C/C=C\C/C=C\CC. The van der Waals surface area contributed by atoms with Crippen molar-refractivity contribution < 1.29 is 80.2 Å². The van der Waals surface area contributed by atoms with Crippen LogP contribution in [0.15, 0.2) is 170 Å². The maximum atomic E-state index is 13.0. The summed E-state index contributed by atoms with van der Waals surface area (Å²) in [4.78, 5) is 72.6. The number of unbranched alkanes of at least 4 members (excludes halogenated alkanes) is 14. The molecule has 17 nitrogen and oxygen atoms in total. The largest absolute Gasteiger partial charge is 0.472 e. The zero-order valence-corrected chi connectivity index (χ0v) is 61.9. The van der Waals surface area contributed by atoms with Crippen molar-refractivity contribution in [3.05, 3.63) is 170 Å². The maximum absolute atomic E-state index is 13.0. The molecule has 554 valence electrons. The van der Waals surface area contributed by atoms with E-state index in [9.17, 15) is 43.2 Å². The molecule has 98 heavy (non-hydrogen) atoms. The second-order valence-electron chi connectivity index (χ2n) is 23.4. The molecular weight excluding hydrogens is 1280 g/mol. The molecule has 0 saturated heterocycles. The molecule has 0 aromatic carbocycles. The van der Waals surface area contributed by atoms with Gasteiger partial charge in [-0.1, -0.05) is 262 Å². The highest BCUT2D eigenvalue weighted by Crippen LogP contribution is 2.45. The van der Waals surface area contributed by atoms with Gasteiger partial charge >= 0.3 is 39.5 Å². The molecule has 0 spiro atoms. The lowest BCUT2D eigenvalue weighted by atomic mass is 10.1. The molecule has 0 rings (SSSR count). The Kier molecular flexibility index (Phi) is 65.9. The molecule has 19 heteroatoms. The summed E-state index contributed by atoms with van der Waals surface area (Å²) in [6, 6.07) is 0. The van der Waals surface area contributed by atoms with E-state index in [0.29, 0.717) is 25.7 Å². The third kappa shape index (κ3) is 68.9. The van der Waals surface area contributed by atoms with Crippen LogP contribution in [0.1, 0.15) is 246 Å². The molecule has 0 heterocycles. The van der Waals surface area contributed by atoms with E-state index in [2.05, 4.69) is 149 Å². The highest BCUT2D eigenvalue weighted by Gasteiger charge is 2.30. The highest BCUT2D eigenvalue weighted by molar-refractivity contribution is 7.47. The summed E-state index contributed by atoms with van der Waals surface area (Å²) >= 11 is 0. The van der Waals surface area contributed by atoms with E-state index >= 15 is 0 Å². The Morgan fingerprint density at radius 1 is 0.306 bits per heavy atom. The van der Waals surface area contributed by atoms with Crippen molar-refractivity contribution in [2.75, 3.05) is 39.6 Å². The van der Waals surface area contributed by atoms with Crippen LogP contribution in [0.5, 0.6) is 0 Å². The quantitative estimate of drug-likeness (QED) is 0.0169. The van der Waals surface area contributed by atoms with Gasteiger partial charge in [0.25, 0.3) is 0 Å². The van der Waals surface area contributed by atoms with Gasteiger partial charge in [0.15, 0.2) is 12.2 Å². The third-order valence-corrected chi connectivity index (χ3v) is 16.1. The molecule has 0 aromatic rings. The number of carbonyl (C=O) groups is 4. The molecule has 0 aliphatic carbocycles. The van der Waals surface area contributed by atoms with Crippen LogP contribution in [0, 0.1) is 0 Å². The molecule has 0 saturated carbocycles. The van der Waals surface area contributed by atoms with Crippen molar-refractivity contribution in [2.24, 2.45) is 0 Å². The van der Waals surface area contributed by atoms with E-state index in [1.807, 2.05) is 24.3 Å². The monoisotopic (exact) mass is 1410 g/mol. The lowest BCUT2D eigenvalue weighted by Gasteiger charge is -2.21. The Morgan fingerprint density at radius 3 is 0.959 bits per heavy atom. The molecule has 0 amide bonds. The van der Waals surface area contributed by atoms with Gasteiger partial charge in [-0.2, -0.15) is 0 Å². The number of phosphoric ester groups is 2. The van der Waals surface area contributed by atoms with E-state index in [-0.39, 0.29) is 25.7 Å². The van der Waals surface area contributed by atoms with Crippen molar-refractivity contribution >= 4 is 39.5 Å². The van der Waals surface area contributed by atoms with E-state index in [4.69, 9.17) is 37.0 Å². The van der Waals surface area contributed by atoms with Crippen LogP contribution < -0.4 is 0 Å². The van der Waals surface area contributed by atoms with E-state index < -0.39 is 97.5 Å². The van der Waals surface area contributed by atoms with Gasteiger partial charge in [-0.15, -0.1) is 0 Å². The van der Waals surface area contributed by atoms with Gasteiger partial charge in [0, 0.05) is 12.8 Å². The molecule has 0 fully saturated rings. The number of ether oxygens (including phenoxy) is 4. The average Bonchev–Trinajstić information content (AvgIpc) is 0.982. The van der Waals surface area contributed by atoms with Crippen LogP contribution in [-0.2, 0) is 65.4 Å². The van der Waals surface area contributed by atoms with Gasteiger partial charge in [-0.05, 0) is 128 Å². The second-order valence-corrected chi connectivity index (χ2v) is 26.3. The number of carbonyl (C=O) groups excluding carboxylic acids is 4. The normalized spacial score (nSPS) is 15.0. The number of hydrogen-bond acceptors (Lipinski definition) is 15. The lowest BCUT2D eigenvalue weighted by Crippen LogP contribution is -2.30. The minimum Gasteiger partial charge on any atom is -0.462 e. The smallest absolute Gasteiger partial charge is 0.462 e. The van der Waals surface area contributed by atoms with Gasteiger partial charge in [-0.3, -0.25) is 37.3 Å². The van der Waals surface area contributed by atoms with Crippen LogP contribution >= 0.6 is 15.6 Å². The average molecular weight is 1410 g/mol. The summed E-state index contributed by atoms with van der Waals surface area (Å²) in [7, 11) is -10.0. The van der Waals surface area contributed by atoms with E-state index in [0.717, 1.165) is 154 Å². The summed E-state index contributed by atoms with van der Waals surface area (Å²) in [5.41, 5.74) is 0. The highest BCUT2D eigenvalue weighted by atomic mass is 31.2. The van der Waals surface area contributed by atoms with Crippen molar-refractivity contribution in [2.45, 2.75) is 264 Å². The molecule has 5 unspecified atom stereocenters. The molecule has 0 aliphatic heterocycles. The van der Waals surface area contributed by atoms with Crippen molar-refractivity contribution in [3.8, 4) is 0 Å². The fraction of sp³-hybridized carbons (Fsp3) is 0.595. The summed E-state index contributed by atoms with van der Waals surface area (Å²) in [6.07, 6.45) is 81.4. The fourth-order valence-corrected chi connectivity index (χ4v) is 10.4. The van der Waals surface area contributed by atoms with Gasteiger partial charge in [0.05, 0.1) is 39.3 Å². The zero-order valence-electron chi connectivity index (χ0n) is 60.1. The van der Waals surface area contributed by atoms with Gasteiger partial charge in [-0.25, -0.2) is 9.13 Å². The van der Waals surface area contributed by atoms with E-state index in [1.165, 1.54) is 12.8 Å². The Hall–Kier alpha value is -5.58. The number of esters is 4. The van der Waals surface area contributed by atoms with Crippen LogP contribution in [0.3, 0.4) is 0 Å². The first-order valence-electron chi connectivity index (χ1n) is 36.4. The zero-order chi connectivity index (χ0) is 71.8. The molecular formula is C79H126O17P2. The Morgan fingerprint density at radius 2 is 0.582 bits per heavy atom. The standard InChI is InChI=1S/C79H126O17P2/c1-5-9-13-17-21-25-29-32-35-36-39-41-45-48-52-56-60-64-77(82)89-69-74(95-78(83)65-61-57-53-49-43-28-24-20-16-12-8-4)71-93-97(85,86)91-67-73(80)68-92-98(87,88)94-72-75(96-79(84)66-62-58-54-50-46-42-38-34-31-27-23-19-15-11-7-3)70-90-76(81)63-59-55-51-47-44-40-37-33-30-26-22-18-14-10-6-2/h9-11,13-15,20-27,32-35,37-38,44,46-47,50,55,58-59,62,73-75,80H,5-8,12,16-19,28-31,36,39-43,45,48-49,51-54,56-57,60-61,63-72H2,1-4H3,(H,85,86)(H,87,88)/b13-9-,14-10-,15-11-,24-20-,25-21-,26-22-,27-23-,35-32-,37-33-,38-34-,47-44-,50-46-,59-55-,62-58-. The van der Waals surface area contributed by atoms with Crippen LogP contribution in [0.2, 0.25) is 0 Å². The number of hydrogen-bond donors (Lipinski definition) is 3. The number of aliphatic hydroxyl groups is 1. The van der Waals surface area contributed by atoms with Crippen LogP contribution in [-0.4, -0.2) is 96.7 Å². The first kappa shape index (κ1) is 92.4. The Bertz CT molecular complexity index is 2530. The number of allylic oxidation sites excluding steroid dienone is 26. The van der Waals surface area contributed by atoms with E-state index in [1.54, 1.807) is 24.3 Å². The molecule has 3 N–H and O–H groups in total. The molecule has 5 atom stereocenters. The van der Waals surface area contributed by atoms with Crippen molar-refractivity contribution in [1.29, 1.82) is 0 Å². The Labute approximate surface area is 591 Å². The second kappa shape index (κ2) is 69.9. The minimum atomic E-state index is -5.02. The van der Waals surface area contributed by atoms with Crippen LogP contribution in [0.4, 0.5) is 0 Å². The van der Waals surface area contributed by atoms with Crippen LogP contribution in [0.25, 0.3) is 0 Å². The third-order valence-electron chi connectivity index (χ3n) is 14.2. The van der Waals surface area contributed by atoms with Gasteiger partial charge < -0.3 is 33.8 Å². The summed E-state index contributed by atoms with van der Waals surface area (Å²) in [6.45, 7) is 4.19. The molecule has 0 radical (unpaired) electrons. The summed E-state index contributed by atoms with van der Waals surface area (Å²) < 4.78 is 68.0. The predicted octanol–water partition coefficient (Wildman–Crippen LogP) is 20.7. The van der Waals surface area contributed by atoms with Crippen molar-refractivity contribution in [3.63, 3.8) is 0 Å². The fourth-order valence-electron chi connectivity index (χ4n) is 8.77. The number of rotatable bonds is 66. The molecule has 0 aliphatic rings. The number of phosphoric acid groups is 2. The number of aliphatic hydroxyl groups excluding tert-OH is 1. The minimum absolute atomic E-state index is 0.0719. The van der Waals surface area contributed by atoms with Crippen molar-refractivity contribution in [1.82, 2.24) is 0 Å². The topological polar surface area (TPSA) is 237 Å². The summed E-state index contributed by atoms with van der Waals surface area (Å²) in [5.74, 6) is -2.51. The molecule has 0 bridgehead atoms. The summed E-state index contributed by atoms with van der Waals surface area (Å²) in [5, 5.41) is 10.6. The Balaban J connectivity index is 5.48. The lowest BCUT2D eigenvalue weighted by molar-refractivity contribution is -0.161. The van der Waals surface area contributed by atoms with Gasteiger partial charge in [0.2, 0.25) is 0 Å².